The predicted molar refractivity (Wildman–Crippen MR) is 127 cm³/mol. The Balaban J connectivity index is 0.00000240. The molecule has 0 unspecified atom stereocenters. The van der Waals surface area contributed by atoms with Crippen molar-refractivity contribution in [2.45, 2.75) is 19.9 Å². The molecule has 0 saturated carbocycles. The zero-order valence-electron chi connectivity index (χ0n) is 17.6. The highest BCUT2D eigenvalue weighted by atomic mass is 35.5. The third-order valence-corrected chi connectivity index (χ3v) is 5.15. The van der Waals surface area contributed by atoms with Crippen LogP contribution >= 0.6 is 24.8 Å². The number of aromatic nitrogens is 2. The first-order valence-electron chi connectivity index (χ1n) is 9.54. The molecule has 2 heterocycles. The lowest BCUT2D eigenvalue weighted by molar-refractivity contribution is 0.0691. The lowest BCUT2D eigenvalue weighted by atomic mass is 9.99. The zero-order valence-corrected chi connectivity index (χ0v) is 19.2. The highest BCUT2D eigenvalue weighted by Crippen LogP contribution is 2.32. The molecule has 1 aromatic carbocycles. The Kier molecular flexibility index (Phi) is 9.58. The molecule has 0 aliphatic carbocycles. The van der Waals surface area contributed by atoms with E-state index >= 15 is 0 Å². The first-order valence-corrected chi connectivity index (χ1v) is 9.54. The van der Waals surface area contributed by atoms with Gasteiger partial charge in [-0.1, -0.05) is 13.0 Å². The van der Waals surface area contributed by atoms with Crippen molar-refractivity contribution >= 4 is 41.7 Å². The number of rotatable bonds is 8. The number of nitrogens with one attached hydrogen (secondary N) is 3. The van der Waals surface area contributed by atoms with Gasteiger partial charge in [-0.25, -0.2) is 4.79 Å². The van der Waals surface area contributed by atoms with E-state index in [0.29, 0.717) is 17.7 Å². The number of aromatic carboxylic acids is 1. The zero-order chi connectivity index (χ0) is 21.1. The van der Waals surface area contributed by atoms with E-state index < -0.39 is 22.8 Å². The second-order valence-electron chi connectivity index (χ2n) is 6.94. The van der Waals surface area contributed by atoms with Gasteiger partial charge in [0.05, 0.1) is 5.69 Å². The fourth-order valence-corrected chi connectivity index (χ4v) is 3.58. The monoisotopic (exact) mass is 470 g/mol. The van der Waals surface area contributed by atoms with E-state index in [9.17, 15) is 19.8 Å². The number of hydrogen-bond donors (Lipinski definition) is 5. The number of fused-ring (bicyclic) bond motifs is 1. The van der Waals surface area contributed by atoms with Crippen LogP contribution in [0.15, 0.2) is 29.1 Å². The van der Waals surface area contributed by atoms with Crippen molar-refractivity contribution < 1.29 is 15.0 Å². The van der Waals surface area contributed by atoms with Crippen molar-refractivity contribution in [3.8, 4) is 17.0 Å². The van der Waals surface area contributed by atoms with E-state index in [-0.39, 0.29) is 24.8 Å². The van der Waals surface area contributed by atoms with Gasteiger partial charge in [-0.15, -0.1) is 24.8 Å². The number of aromatic hydroxyl groups is 1. The van der Waals surface area contributed by atoms with Gasteiger partial charge in [-0.05, 0) is 37.2 Å². The molecule has 0 saturated heterocycles. The molecule has 0 radical (unpaired) electrons. The van der Waals surface area contributed by atoms with Crippen LogP contribution in [-0.2, 0) is 20.0 Å². The highest BCUT2D eigenvalue weighted by molar-refractivity contribution is 5.92. The number of carboxylic acids is 1. The van der Waals surface area contributed by atoms with Gasteiger partial charge in [0.2, 0.25) is 0 Å². The van der Waals surface area contributed by atoms with Gasteiger partial charge in [-0.2, -0.15) is 0 Å². The van der Waals surface area contributed by atoms with Crippen LogP contribution in [0.25, 0.3) is 22.2 Å². The summed E-state index contributed by atoms with van der Waals surface area (Å²) in [7, 11) is 3.92. The summed E-state index contributed by atoms with van der Waals surface area (Å²) in [5.74, 6) is -1.92. The minimum atomic E-state index is -1.45. The van der Waals surface area contributed by atoms with Crippen LogP contribution in [0.3, 0.4) is 0 Å². The quantitative estimate of drug-likeness (QED) is 0.323. The maximum absolute atomic E-state index is 12.2. The summed E-state index contributed by atoms with van der Waals surface area (Å²) in [6.45, 7) is 4.28. The number of aryl methyl sites for hydroxylation is 1. The van der Waals surface area contributed by atoms with Crippen molar-refractivity contribution in [2.24, 2.45) is 7.05 Å². The fraction of sp³-hybridized carbons (Fsp3) is 0.333. The van der Waals surface area contributed by atoms with Crippen LogP contribution in [0.5, 0.6) is 5.75 Å². The summed E-state index contributed by atoms with van der Waals surface area (Å²) < 4.78 is 2.11. The average molecular weight is 471 g/mol. The molecule has 2 aromatic heterocycles. The largest absolute Gasteiger partial charge is 0.506 e. The Hall–Kier alpha value is -2.52. The SMILES string of the molecule is CCc1c(-c2ccc3c(c2)cc(CNCCNC)n3C)[nH]c(=O)c(C(=O)O)c1O.Cl.Cl. The highest BCUT2D eigenvalue weighted by Gasteiger charge is 2.22. The molecule has 31 heavy (non-hydrogen) atoms. The van der Waals surface area contributed by atoms with Crippen molar-refractivity contribution in [3.05, 3.63) is 51.4 Å². The molecule has 0 spiro atoms. The molecule has 0 atom stereocenters. The maximum Gasteiger partial charge on any atom is 0.345 e. The van der Waals surface area contributed by atoms with Crippen molar-refractivity contribution in [3.63, 3.8) is 0 Å². The molecule has 8 nitrogen and oxygen atoms in total. The van der Waals surface area contributed by atoms with Gasteiger partial charge in [0, 0.05) is 48.8 Å². The van der Waals surface area contributed by atoms with Crippen molar-refractivity contribution in [1.29, 1.82) is 0 Å². The molecule has 3 rings (SSSR count). The number of pyridine rings is 1. The van der Waals surface area contributed by atoms with E-state index in [1.807, 2.05) is 32.3 Å². The van der Waals surface area contributed by atoms with Gasteiger partial charge in [0.1, 0.15) is 5.75 Å². The molecule has 170 valence electrons. The number of halogens is 2. The summed E-state index contributed by atoms with van der Waals surface area (Å²) in [4.78, 5) is 26.2. The van der Waals surface area contributed by atoms with Crippen LogP contribution in [0, 0.1) is 0 Å². The summed E-state index contributed by atoms with van der Waals surface area (Å²) >= 11 is 0. The van der Waals surface area contributed by atoms with E-state index in [1.54, 1.807) is 6.92 Å². The first-order chi connectivity index (χ1) is 13.9. The van der Waals surface area contributed by atoms with Crippen LogP contribution in [0.4, 0.5) is 0 Å². The summed E-state index contributed by atoms with van der Waals surface area (Å²) in [5.41, 5.74) is 2.31. The minimum absolute atomic E-state index is 0. The molecule has 3 aromatic rings. The Bertz CT molecular complexity index is 1120. The smallest absolute Gasteiger partial charge is 0.345 e. The third kappa shape index (κ3) is 5.22. The molecule has 0 aliphatic rings. The van der Waals surface area contributed by atoms with Gasteiger partial charge >= 0.3 is 5.97 Å². The number of carbonyl (C=O) groups is 1. The maximum atomic E-state index is 12.2. The Morgan fingerprint density at radius 2 is 1.90 bits per heavy atom. The number of H-pyrrole nitrogens is 1. The topological polar surface area (TPSA) is 119 Å². The van der Waals surface area contributed by atoms with Crippen LogP contribution in [0.2, 0.25) is 0 Å². The van der Waals surface area contributed by atoms with Crippen molar-refractivity contribution in [1.82, 2.24) is 20.2 Å². The Morgan fingerprint density at radius 1 is 1.19 bits per heavy atom. The van der Waals surface area contributed by atoms with Crippen LogP contribution in [0.1, 0.15) is 28.5 Å². The number of hydrogen-bond acceptors (Lipinski definition) is 5. The number of aromatic amines is 1. The molecular formula is C21H28Cl2N4O4. The van der Waals surface area contributed by atoms with Gasteiger partial charge < -0.3 is 30.4 Å². The molecule has 5 N–H and O–H groups in total. The summed E-state index contributed by atoms with van der Waals surface area (Å²) in [6.07, 6.45) is 0.381. The fourth-order valence-electron chi connectivity index (χ4n) is 3.58. The summed E-state index contributed by atoms with van der Waals surface area (Å²) in [6, 6.07) is 7.85. The summed E-state index contributed by atoms with van der Waals surface area (Å²) in [5, 5.41) is 27.1. The Labute approximate surface area is 192 Å². The molecule has 0 aliphatic heterocycles. The second kappa shape index (κ2) is 11.2. The normalized spacial score (nSPS) is 10.5. The van der Waals surface area contributed by atoms with E-state index in [1.165, 1.54) is 0 Å². The van der Waals surface area contributed by atoms with E-state index in [0.717, 1.165) is 41.8 Å². The molecule has 0 fully saturated rings. The molecule has 0 bridgehead atoms. The number of carboxylic acid groups (broad SMARTS) is 1. The third-order valence-electron chi connectivity index (χ3n) is 5.15. The Morgan fingerprint density at radius 3 is 2.52 bits per heavy atom. The minimum Gasteiger partial charge on any atom is -0.506 e. The molecule has 10 heteroatoms. The lowest BCUT2D eigenvalue weighted by Crippen LogP contribution is -2.25. The van der Waals surface area contributed by atoms with Gasteiger partial charge in [0.25, 0.3) is 5.56 Å². The number of likely N-dealkylation sites (N-methyl/N-ethyl adjacent to an activating group) is 1. The predicted octanol–water partition coefficient (Wildman–Crippen LogP) is 2.65. The molecule has 0 amide bonds. The lowest BCUT2D eigenvalue weighted by Gasteiger charge is -2.12. The second-order valence-corrected chi connectivity index (χ2v) is 6.94. The van der Waals surface area contributed by atoms with Crippen LogP contribution < -0.4 is 16.2 Å². The number of benzene rings is 1. The van der Waals surface area contributed by atoms with E-state index in [4.69, 9.17) is 0 Å². The van der Waals surface area contributed by atoms with Crippen molar-refractivity contribution in [2.75, 3.05) is 20.1 Å². The van der Waals surface area contributed by atoms with Gasteiger partial charge in [0.15, 0.2) is 5.56 Å². The van der Waals surface area contributed by atoms with E-state index in [2.05, 4.69) is 26.3 Å². The van der Waals surface area contributed by atoms with Gasteiger partial charge in [-0.3, -0.25) is 4.79 Å². The average Bonchev–Trinajstić information content (AvgIpc) is 2.99. The number of nitrogens with zero attached hydrogens (tertiary/aromatic N) is 1. The first kappa shape index (κ1) is 26.5. The van der Waals surface area contributed by atoms with Crippen LogP contribution in [-0.4, -0.2) is 45.9 Å². The standard InChI is InChI=1S/C21H26N4O4.2ClH/c1-4-15-18(24-20(27)17(19(15)26)21(28)29)12-5-6-16-13(9-12)10-14(25(16)3)11-23-8-7-22-2;;/h5-6,9-10,22-23H,4,7-8,11H2,1-3H3,(H,28,29)(H2,24,26,27);2*1H. The molecular weight excluding hydrogens is 443 g/mol.